The third kappa shape index (κ3) is 2.72. The summed E-state index contributed by atoms with van der Waals surface area (Å²) in [6, 6.07) is 17.7. The number of methoxy groups -OCH3 is 1. The molecule has 1 atom stereocenters. The fourth-order valence-corrected chi connectivity index (χ4v) is 2.71. The Bertz CT molecular complexity index is 710. The second-order valence-electron chi connectivity index (χ2n) is 5.27. The Labute approximate surface area is 130 Å². The van der Waals surface area contributed by atoms with Crippen molar-refractivity contribution in [2.45, 2.75) is 19.4 Å². The van der Waals surface area contributed by atoms with Gasteiger partial charge >= 0.3 is 0 Å². The van der Waals surface area contributed by atoms with Gasteiger partial charge in [0.05, 0.1) is 18.9 Å². The van der Waals surface area contributed by atoms with Gasteiger partial charge in [-0.1, -0.05) is 42.5 Å². The number of amides is 1. The molecule has 0 N–H and O–H groups in total. The number of hydrogen-bond acceptors (Lipinski definition) is 3. The molecular weight excluding hydrogens is 276 g/mol. The van der Waals surface area contributed by atoms with Gasteiger partial charge < -0.3 is 4.74 Å². The number of ether oxygens (including phenoxy) is 1. The zero-order valence-corrected chi connectivity index (χ0v) is 12.7. The molecule has 4 nitrogen and oxygen atoms in total. The van der Waals surface area contributed by atoms with E-state index in [1.54, 1.807) is 19.0 Å². The Hall–Kier alpha value is -2.62. The minimum absolute atomic E-state index is 0.0567. The molecule has 4 heteroatoms. The van der Waals surface area contributed by atoms with Crippen molar-refractivity contribution in [3.05, 3.63) is 65.7 Å². The Kier molecular flexibility index (Phi) is 3.92. The minimum Gasteiger partial charge on any atom is -0.497 e. The molecular formula is C18H18N2O2. The Morgan fingerprint density at radius 2 is 1.95 bits per heavy atom. The van der Waals surface area contributed by atoms with Crippen LogP contribution in [0.1, 0.15) is 30.5 Å². The maximum absolute atomic E-state index is 11.9. The maximum Gasteiger partial charge on any atom is 0.240 e. The molecule has 22 heavy (non-hydrogen) atoms. The van der Waals surface area contributed by atoms with Crippen LogP contribution in [0.4, 0.5) is 0 Å². The molecule has 1 heterocycles. The van der Waals surface area contributed by atoms with E-state index in [-0.39, 0.29) is 11.9 Å². The molecule has 0 bridgehead atoms. The number of hydrogen-bond donors (Lipinski definition) is 0. The van der Waals surface area contributed by atoms with Gasteiger partial charge in [0.15, 0.2) is 0 Å². The summed E-state index contributed by atoms with van der Waals surface area (Å²) in [6.45, 7) is 1.55. The number of carbonyl (C=O) groups is 1. The highest BCUT2D eigenvalue weighted by Gasteiger charge is 2.31. The molecule has 0 saturated carbocycles. The maximum atomic E-state index is 11.9. The molecule has 112 valence electrons. The lowest BCUT2D eigenvalue weighted by molar-refractivity contribution is -0.130. The Morgan fingerprint density at radius 3 is 2.64 bits per heavy atom. The lowest BCUT2D eigenvalue weighted by Gasteiger charge is -2.20. The van der Waals surface area contributed by atoms with Crippen molar-refractivity contribution in [2.75, 3.05) is 7.11 Å². The van der Waals surface area contributed by atoms with Crippen molar-refractivity contribution in [1.82, 2.24) is 5.01 Å². The molecule has 0 spiro atoms. The lowest BCUT2D eigenvalue weighted by Crippen LogP contribution is -2.24. The average molecular weight is 294 g/mol. The summed E-state index contributed by atoms with van der Waals surface area (Å²) < 4.78 is 5.28. The molecule has 0 saturated heterocycles. The predicted molar refractivity (Wildman–Crippen MR) is 85.9 cm³/mol. The summed E-state index contributed by atoms with van der Waals surface area (Å²) in [4.78, 5) is 11.9. The molecule has 0 aliphatic carbocycles. The molecule has 3 rings (SSSR count). The number of benzene rings is 2. The van der Waals surface area contributed by atoms with E-state index in [1.165, 1.54) is 0 Å². The number of rotatable bonds is 3. The van der Waals surface area contributed by atoms with Crippen LogP contribution in [0.3, 0.4) is 0 Å². The third-order valence-electron chi connectivity index (χ3n) is 3.82. The Balaban J connectivity index is 1.94. The van der Waals surface area contributed by atoms with Crippen LogP contribution in [0.15, 0.2) is 59.7 Å². The smallest absolute Gasteiger partial charge is 0.240 e. The zero-order chi connectivity index (χ0) is 15.5. The van der Waals surface area contributed by atoms with E-state index in [9.17, 15) is 4.79 Å². The van der Waals surface area contributed by atoms with Crippen LogP contribution in [0.2, 0.25) is 0 Å². The first-order chi connectivity index (χ1) is 10.7. The molecule has 1 amide bonds. The average Bonchev–Trinajstić information content (AvgIpc) is 3.01. The SMILES string of the molecule is COc1cccc(C2CC(c3ccccc3)=NN2C(C)=O)c1. The molecule has 1 aliphatic rings. The van der Waals surface area contributed by atoms with E-state index in [0.29, 0.717) is 6.42 Å². The van der Waals surface area contributed by atoms with E-state index >= 15 is 0 Å². The molecule has 2 aromatic carbocycles. The van der Waals surface area contributed by atoms with Gasteiger partial charge in [-0.15, -0.1) is 0 Å². The highest BCUT2D eigenvalue weighted by atomic mass is 16.5. The predicted octanol–water partition coefficient (Wildman–Crippen LogP) is 3.39. The second kappa shape index (κ2) is 6.02. The highest BCUT2D eigenvalue weighted by Crippen LogP contribution is 2.34. The van der Waals surface area contributed by atoms with Gasteiger partial charge in [0.1, 0.15) is 5.75 Å². The van der Waals surface area contributed by atoms with Crippen LogP contribution >= 0.6 is 0 Å². The van der Waals surface area contributed by atoms with E-state index < -0.39 is 0 Å². The number of carbonyl (C=O) groups excluding carboxylic acids is 1. The highest BCUT2D eigenvalue weighted by molar-refractivity contribution is 6.03. The quantitative estimate of drug-likeness (QED) is 0.870. The van der Waals surface area contributed by atoms with Crippen LogP contribution in [0.25, 0.3) is 0 Å². The van der Waals surface area contributed by atoms with Crippen LogP contribution in [0.5, 0.6) is 5.75 Å². The summed E-state index contributed by atoms with van der Waals surface area (Å²) in [5, 5.41) is 6.10. The van der Waals surface area contributed by atoms with Crippen molar-refractivity contribution in [1.29, 1.82) is 0 Å². The molecule has 0 aromatic heterocycles. The van der Waals surface area contributed by atoms with Crippen molar-refractivity contribution >= 4 is 11.6 Å². The minimum atomic E-state index is -0.0807. The van der Waals surface area contributed by atoms with Crippen molar-refractivity contribution in [2.24, 2.45) is 5.10 Å². The van der Waals surface area contributed by atoms with Crippen LogP contribution in [-0.2, 0) is 4.79 Å². The second-order valence-corrected chi connectivity index (χ2v) is 5.27. The lowest BCUT2D eigenvalue weighted by atomic mass is 9.98. The topological polar surface area (TPSA) is 41.9 Å². The third-order valence-corrected chi connectivity index (χ3v) is 3.82. The summed E-state index contributed by atoms with van der Waals surface area (Å²) in [5.74, 6) is 0.730. The zero-order valence-electron chi connectivity index (χ0n) is 12.7. The van der Waals surface area contributed by atoms with Crippen molar-refractivity contribution < 1.29 is 9.53 Å². The van der Waals surface area contributed by atoms with Gasteiger partial charge in [-0.3, -0.25) is 4.79 Å². The van der Waals surface area contributed by atoms with Crippen LogP contribution in [-0.4, -0.2) is 23.7 Å². The van der Waals surface area contributed by atoms with Gasteiger partial charge in [0.2, 0.25) is 5.91 Å². The van der Waals surface area contributed by atoms with Crippen LogP contribution in [0, 0.1) is 0 Å². The number of nitrogens with zero attached hydrogens (tertiary/aromatic N) is 2. The van der Waals surface area contributed by atoms with Gasteiger partial charge in [0, 0.05) is 13.3 Å². The summed E-state index contributed by atoms with van der Waals surface area (Å²) in [6.07, 6.45) is 0.705. The fourth-order valence-electron chi connectivity index (χ4n) is 2.71. The molecule has 2 aromatic rings. The standard InChI is InChI=1S/C18H18N2O2/c1-13(21)20-18(15-9-6-10-16(11-15)22-2)12-17(19-20)14-7-4-3-5-8-14/h3-11,18H,12H2,1-2H3. The van der Waals surface area contributed by atoms with E-state index in [0.717, 1.165) is 22.6 Å². The van der Waals surface area contributed by atoms with Gasteiger partial charge in [-0.25, -0.2) is 5.01 Å². The van der Waals surface area contributed by atoms with Crippen LogP contribution < -0.4 is 4.74 Å². The fraction of sp³-hybridized carbons (Fsp3) is 0.222. The van der Waals surface area contributed by atoms with Gasteiger partial charge in [-0.05, 0) is 23.3 Å². The first-order valence-corrected chi connectivity index (χ1v) is 7.25. The first-order valence-electron chi connectivity index (χ1n) is 7.25. The van der Waals surface area contributed by atoms with Crippen molar-refractivity contribution in [3.8, 4) is 5.75 Å². The summed E-state index contributed by atoms with van der Waals surface area (Å²) in [7, 11) is 1.64. The summed E-state index contributed by atoms with van der Waals surface area (Å²) in [5.41, 5.74) is 3.02. The van der Waals surface area contributed by atoms with E-state index in [2.05, 4.69) is 5.10 Å². The molecule has 0 radical (unpaired) electrons. The normalized spacial score (nSPS) is 17.3. The molecule has 0 fully saturated rings. The largest absolute Gasteiger partial charge is 0.497 e. The van der Waals surface area contributed by atoms with E-state index in [1.807, 2.05) is 54.6 Å². The Morgan fingerprint density at radius 1 is 1.18 bits per heavy atom. The summed E-state index contributed by atoms with van der Waals surface area (Å²) >= 11 is 0. The number of hydrazone groups is 1. The van der Waals surface area contributed by atoms with Crippen molar-refractivity contribution in [3.63, 3.8) is 0 Å². The first kappa shape index (κ1) is 14.3. The molecule has 1 unspecified atom stereocenters. The van der Waals surface area contributed by atoms with E-state index in [4.69, 9.17) is 4.74 Å². The molecule has 1 aliphatic heterocycles. The monoisotopic (exact) mass is 294 g/mol. The van der Waals surface area contributed by atoms with Gasteiger partial charge in [-0.2, -0.15) is 5.10 Å². The van der Waals surface area contributed by atoms with Gasteiger partial charge in [0.25, 0.3) is 0 Å².